The van der Waals surface area contributed by atoms with Gasteiger partial charge in [-0.1, -0.05) is 45.4 Å². The predicted molar refractivity (Wildman–Crippen MR) is 84.1 cm³/mol. The fourth-order valence-corrected chi connectivity index (χ4v) is 1.97. The molecule has 0 rings (SSSR count). The zero-order chi connectivity index (χ0) is 14.1. The summed E-state index contributed by atoms with van der Waals surface area (Å²) in [7, 11) is 0. The van der Waals surface area contributed by atoms with Gasteiger partial charge >= 0.3 is 0 Å². The van der Waals surface area contributed by atoms with Gasteiger partial charge in [0, 0.05) is 11.4 Å². The molecule has 0 saturated heterocycles. The molecule has 0 heterocycles. The fraction of sp³-hybridized carbons (Fsp3) is 0.588. The van der Waals surface area contributed by atoms with Gasteiger partial charge in [-0.2, -0.15) is 0 Å². The van der Waals surface area contributed by atoms with Crippen LogP contribution in [0.4, 0.5) is 0 Å². The van der Waals surface area contributed by atoms with Crippen molar-refractivity contribution >= 4 is 5.71 Å². The minimum Gasteiger partial charge on any atom is -0.259 e. The lowest BCUT2D eigenvalue weighted by molar-refractivity contribution is 0.512. The Balaban J connectivity index is 5.25. The van der Waals surface area contributed by atoms with E-state index in [2.05, 4.69) is 51.4 Å². The maximum Gasteiger partial charge on any atom is 0.0441 e. The Morgan fingerprint density at radius 1 is 1.17 bits per heavy atom. The van der Waals surface area contributed by atoms with Crippen molar-refractivity contribution in [1.82, 2.24) is 0 Å². The summed E-state index contributed by atoms with van der Waals surface area (Å²) in [5, 5.41) is 0. The quantitative estimate of drug-likeness (QED) is 0.404. The Bertz CT molecular complexity index is 352. The lowest BCUT2D eigenvalue weighted by atomic mass is 9.92. The van der Waals surface area contributed by atoms with E-state index in [0.29, 0.717) is 0 Å². The minimum absolute atomic E-state index is 0.719. The molecular weight excluding hydrogens is 218 g/mol. The minimum atomic E-state index is 0.719. The molecule has 0 spiro atoms. The lowest BCUT2D eigenvalue weighted by Gasteiger charge is -2.16. The first-order valence-electron chi connectivity index (χ1n) is 6.99. The van der Waals surface area contributed by atoms with Crippen LogP contribution >= 0.6 is 0 Å². The average molecular weight is 247 g/mol. The van der Waals surface area contributed by atoms with Crippen LogP contribution in [-0.2, 0) is 0 Å². The third kappa shape index (κ3) is 6.00. The highest BCUT2D eigenvalue weighted by Crippen LogP contribution is 2.20. The molecule has 102 valence electrons. The maximum absolute atomic E-state index is 4.65. The average Bonchev–Trinajstić information content (AvgIpc) is 2.33. The van der Waals surface area contributed by atoms with Gasteiger partial charge in [-0.3, -0.25) is 4.99 Å². The van der Waals surface area contributed by atoms with Crippen LogP contribution in [0, 0.1) is 5.92 Å². The number of aliphatic imine (C=N–C) groups is 1. The van der Waals surface area contributed by atoms with Crippen LogP contribution in [-0.4, -0.2) is 5.71 Å². The van der Waals surface area contributed by atoms with Gasteiger partial charge in [0.15, 0.2) is 0 Å². The molecule has 0 aliphatic rings. The van der Waals surface area contributed by atoms with Crippen molar-refractivity contribution in [2.24, 2.45) is 10.9 Å². The maximum atomic E-state index is 4.65. The second kappa shape index (κ2) is 8.91. The van der Waals surface area contributed by atoms with Gasteiger partial charge in [0.05, 0.1) is 0 Å². The molecule has 0 aromatic carbocycles. The van der Waals surface area contributed by atoms with E-state index < -0.39 is 0 Å². The lowest BCUT2D eigenvalue weighted by Crippen LogP contribution is -2.10. The summed E-state index contributed by atoms with van der Waals surface area (Å²) in [5.41, 5.74) is 4.68. The van der Waals surface area contributed by atoms with Crippen LogP contribution in [0.15, 0.2) is 40.6 Å². The van der Waals surface area contributed by atoms with Crippen molar-refractivity contribution in [3.05, 3.63) is 35.6 Å². The van der Waals surface area contributed by atoms with Gasteiger partial charge in [0.2, 0.25) is 0 Å². The van der Waals surface area contributed by atoms with Crippen LogP contribution in [0.5, 0.6) is 0 Å². The van der Waals surface area contributed by atoms with Crippen molar-refractivity contribution in [2.75, 3.05) is 0 Å². The molecule has 0 radical (unpaired) electrons. The predicted octanol–water partition coefficient (Wildman–Crippen LogP) is 5.70. The molecule has 0 aliphatic carbocycles. The van der Waals surface area contributed by atoms with Crippen LogP contribution < -0.4 is 0 Å². The molecule has 0 saturated carbocycles. The zero-order valence-electron chi connectivity index (χ0n) is 13.0. The van der Waals surface area contributed by atoms with E-state index in [4.69, 9.17) is 0 Å². The first-order chi connectivity index (χ1) is 8.46. The molecule has 0 atom stereocenters. The first-order valence-corrected chi connectivity index (χ1v) is 6.99. The molecule has 0 aliphatic heterocycles. The first kappa shape index (κ1) is 16.9. The third-order valence-corrected chi connectivity index (χ3v) is 3.40. The summed E-state index contributed by atoms with van der Waals surface area (Å²) in [6.07, 6.45) is 7.70. The highest BCUT2D eigenvalue weighted by Gasteiger charge is 2.11. The summed E-state index contributed by atoms with van der Waals surface area (Å²) in [6, 6.07) is 0. The summed E-state index contributed by atoms with van der Waals surface area (Å²) in [4.78, 5) is 4.65. The van der Waals surface area contributed by atoms with Crippen LogP contribution in [0.3, 0.4) is 0 Å². The van der Waals surface area contributed by atoms with E-state index in [1.54, 1.807) is 0 Å². The largest absolute Gasteiger partial charge is 0.259 e. The molecule has 0 fully saturated rings. The molecule has 0 aromatic rings. The smallest absolute Gasteiger partial charge is 0.0441 e. The van der Waals surface area contributed by atoms with Gasteiger partial charge in [0.25, 0.3) is 0 Å². The van der Waals surface area contributed by atoms with Gasteiger partial charge in [-0.15, -0.1) is 0 Å². The number of rotatable bonds is 7. The van der Waals surface area contributed by atoms with E-state index in [-0.39, 0.29) is 0 Å². The highest BCUT2D eigenvalue weighted by atomic mass is 14.7. The SMILES string of the molecule is C=C(C)N=C(CC(CC)CC)/C(C)=C(C)/C=C\C. The summed E-state index contributed by atoms with van der Waals surface area (Å²) >= 11 is 0. The van der Waals surface area contributed by atoms with E-state index >= 15 is 0 Å². The Labute approximate surface area is 113 Å². The molecule has 0 bridgehead atoms. The molecule has 0 amide bonds. The van der Waals surface area contributed by atoms with E-state index in [1.807, 2.05) is 13.8 Å². The molecule has 0 unspecified atom stereocenters. The Morgan fingerprint density at radius 2 is 1.72 bits per heavy atom. The number of nitrogens with zero attached hydrogens (tertiary/aromatic N) is 1. The Morgan fingerprint density at radius 3 is 2.11 bits per heavy atom. The van der Waals surface area contributed by atoms with E-state index in [1.165, 1.54) is 29.7 Å². The standard InChI is InChI=1S/C17H29N/c1-8-11-14(6)15(7)17(18-13(4)5)12-16(9-2)10-3/h8,11,16H,4,9-10,12H2,1-3,5-7H3/b11-8-,15-14+,18-17?. The van der Waals surface area contributed by atoms with E-state index in [9.17, 15) is 0 Å². The Kier molecular flexibility index (Phi) is 8.36. The normalized spacial score (nSPS) is 14.3. The number of hydrogen-bond acceptors (Lipinski definition) is 1. The Hall–Kier alpha value is -1.11. The molecule has 1 heteroatoms. The van der Waals surface area contributed by atoms with Crippen molar-refractivity contribution in [2.45, 2.75) is 60.8 Å². The van der Waals surface area contributed by atoms with Crippen molar-refractivity contribution < 1.29 is 0 Å². The summed E-state index contributed by atoms with van der Waals surface area (Å²) in [5.74, 6) is 0.719. The van der Waals surface area contributed by atoms with Gasteiger partial charge < -0.3 is 0 Å². The molecule has 1 nitrogen and oxygen atoms in total. The monoisotopic (exact) mass is 247 g/mol. The van der Waals surface area contributed by atoms with E-state index in [0.717, 1.165) is 18.0 Å². The molecule has 0 aromatic heterocycles. The third-order valence-electron chi connectivity index (χ3n) is 3.40. The van der Waals surface area contributed by atoms with Crippen LogP contribution in [0.2, 0.25) is 0 Å². The van der Waals surface area contributed by atoms with Crippen molar-refractivity contribution in [3.8, 4) is 0 Å². The van der Waals surface area contributed by atoms with Crippen molar-refractivity contribution in [1.29, 1.82) is 0 Å². The van der Waals surface area contributed by atoms with Gasteiger partial charge in [-0.05, 0) is 51.2 Å². The highest BCUT2D eigenvalue weighted by molar-refractivity contribution is 6.01. The number of allylic oxidation sites excluding steroid dienone is 5. The molecule has 18 heavy (non-hydrogen) atoms. The van der Waals surface area contributed by atoms with Gasteiger partial charge in [0.1, 0.15) is 0 Å². The van der Waals surface area contributed by atoms with Crippen LogP contribution in [0.25, 0.3) is 0 Å². The summed E-state index contributed by atoms with van der Waals surface area (Å²) in [6.45, 7) is 16.7. The van der Waals surface area contributed by atoms with Crippen LogP contribution in [0.1, 0.15) is 60.8 Å². The van der Waals surface area contributed by atoms with Gasteiger partial charge in [-0.25, -0.2) is 0 Å². The molecule has 0 N–H and O–H groups in total. The van der Waals surface area contributed by atoms with Crippen molar-refractivity contribution in [3.63, 3.8) is 0 Å². The molecular formula is C17H29N. The topological polar surface area (TPSA) is 12.4 Å². The second-order valence-electron chi connectivity index (χ2n) is 4.99. The number of hydrogen-bond donors (Lipinski definition) is 0. The second-order valence-corrected chi connectivity index (χ2v) is 4.99. The zero-order valence-corrected chi connectivity index (χ0v) is 13.0. The summed E-state index contributed by atoms with van der Waals surface area (Å²) < 4.78 is 0. The fourth-order valence-electron chi connectivity index (χ4n) is 1.97.